The first-order valence-corrected chi connectivity index (χ1v) is 9.73. The Hall–Kier alpha value is -1.73. The Balaban J connectivity index is 1.32. The van der Waals surface area contributed by atoms with Crippen LogP contribution in [0.25, 0.3) is 0 Å². The number of nitrogens with one attached hydrogen (secondary N) is 2. The second-order valence-electron chi connectivity index (χ2n) is 7.55. The maximum absolute atomic E-state index is 11.1. The number of carbonyl (C=O) groups is 1. The first kappa shape index (κ1) is 19.0. The summed E-state index contributed by atoms with van der Waals surface area (Å²) < 4.78 is 5.97. The first-order valence-electron chi connectivity index (χ1n) is 9.73. The number of hydrogen-bond acceptors (Lipinski definition) is 6. The van der Waals surface area contributed by atoms with E-state index in [9.17, 15) is 4.79 Å². The molecule has 1 aromatic rings. The molecule has 7 heteroatoms. The molecule has 1 aliphatic carbocycles. The van der Waals surface area contributed by atoms with Gasteiger partial charge >= 0.3 is 0 Å². The van der Waals surface area contributed by atoms with Crippen molar-refractivity contribution in [3.63, 3.8) is 0 Å². The Morgan fingerprint density at radius 1 is 1.31 bits per heavy atom. The summed E-state index contributed by atoms with van der Waals surface area (Å²) >= 11 is 0. The van der Waals surface area contributed by atoms with Crippen LogP contribution < -0.4 is 10.6 Å². The SMILES string of the molecule is CC(=O)NC1CC(c2cc(NCCCOC3CCN(C)CC3)ncn2)C1. The van der Waals surface area contributed by atoms with E-state index in [0.717, 1.165) is 69.9 Å². The highest BCUT2D eigenvalue weighted by Crippen LogP contribution is 2.36. The number of nitrogens with zero attached hydrogens (tertiary/aromatic N) is 3. The molecule has 0 bridgehead atoms. The van der Waals surface area contributed by atoms with Crippen LogP contribution in [0, 0.1) is 0 Å². The van der Waals surface area contributed by atoms with E-state index in [1.54, 1.807) is 13.3 Å². The normalized spacial score (nSPS) is 24.1. The zero-order valence-corrected chi connectivity index (χ0v) is 15.9. The molecule has 0 aromatic carbocycles. The molecule has 1 saturated heterocycles. The van der Waals surface area contributed by atoms with Crippen LogP contribution in [0.1, 0.15) is 50.6 Å². The lowest BCUT2D eigenvalue weighted by atomic mass is 9.78. The molecule has 1 aliphatic heterocycles. The van der Waals surface area contributed by atoms with E-state index in [4.69, 9.17) is 4.74 Å². The largest absolute Gasteiger partial charge is 0.378 e. The Bertz CT molecular complexity index is 583. The maximum atomic E-state index is 11.1. The van der Waals surface area contributed by atoms with Gasteiger partial charge in [0.05, 0.1) is 6.10 Å². The second kappa shape index (κ2) is 9.28. The van der Waals surface area contributed by atoms with Gasteiger partial charge < -0.3 is 20.3 Å². The maximum Gasteiger partial charge on any atom is 0.217 e. The number of hydrogen-bond donors (Lipinski definition) is 2. The van der Waals surface area contributed by atoms with Gasteiger partial charge in [-0.15, -0.1) is 0 Å². The molecule has 0 unspecified atom stereocenters. The number of likely N-dealkylation sites (tertiary alicyclic amines) is 1. The van der Waals surface area contributed by atoms with Crippen molar-refractivity contribution in [1.82, 2.24) is 20.2 Å². The lowest BCUT2D eigenvalue weighted by molar-refractivity contribution is -0.120. The lowest BCUT2D eigenvalue weighted by Crippen LogP contribution is -2.42. The minimum absolute atomic E-state index is 0.0426. The first-order chi connectivity index (χ1) is 12.6. The summed E-state index contributed by atoms with van der Waals surface area (Å²) in [6, 6.07) is 2.33. The summed E-state index contributed by atoms with van der Waals surface area (Å²) in [5.74, 6) is 1.33. The fourth-order valence-electron chi connectivity index (χ4n) is 3.65. The molecule has 1 amide bonds. The highest BCUT2D eigenvalue weighted by Gasteiger charge is 2.31. The van der Waals surface area contributed by atoms with Crippen molar-refractivity contribution in [3.8, 4) is 0 Å². The lowest BCUT2D eigenvalue weighted by Gasteiger charge is -2.35. The number of piperidine rings is 1. The number of anilines is 1. The van der Waals surface area contributed by atoms with Crippen LogP contribution in [0.15, 0.2) is 12.4 Å². The molecule has 2 heterocycles. The number of ether oxygens (including phenoxy) is 1. The van der Waals surface area contributed by atoms with Crippen molar-refractivity contribution in [2.75, 3.05) is 38.6 Å². The van der Waals surface area contributed by atoms with Gasteiger partial charge in [-0.05, 0) is 39.2 Å². The van der Waals surface area contributed by atoms with E-state index in [0.29, 0.717) is 18.1 Å². The van der Waals surface area contributed by atoms with E-state index < -0.39 is 0 Å². The number of carbonyl (C=O) groups excluding carboxylic acids is 1. The van der Waals surface area contributed by atoms with Crippen LogP contribution in [0.3, 0.4) is 0 Å². The van der Waals surface area contributed by atoms with Crippen molar-refractivity contribution < 1.29 is 9.53 Å². The fraction of sp³-hybridized carbons (Fsp3) is 0.737. The summed E-state index contributed by atoms with van der Waals surface area (Å²) in [6.45, 7) is 5.48. The van der Waals surface area contributed by atoms with Crippen molar-refractivity contribution in [3.05, 3.63) is 18.1 Å². The van der Waals surface area contributed by atoms with Crippen LogP contribution in [0.5, 0.6) is 0 Å². The third-order valence-electron chi connectivity index (χ3n) is 5.30. The number of aromatic nitrogens is 2. The van der Waals surface area contributed by atoms with Gasteiger partial charge in [-0.3, -0.25) is 4.79 Å². The molecule has 2 aliphatic rings. The zero-order valence-electron chi connectivity index (χ0n) is 15.9. The molecule has 7 nitrogen and oxygen atoms in total. The van der Waals surface area contributed by atoms with Crippen molar-refractivity contribution in [1.29, 1.82) is 0 Å². The molecular formula is C19H31N5O2. The Morgan fingerprint density at radius 3 is 2.81 bits per heavy atom. The molecule has 2 N–H and O–H groups in total. The summed E-state index contributed by atoms with van der Waals surface area (Å²) in [7, 11) is 2.17. The highest BCUT2D eigenvalue weighted by molar-refractivity contribution is 5.73. The molecule has 2 fully saturated rings. The topological polar surface area (TPSA) is 79.4 Å². The third-order valence-corrected chi connectivity index (χ3v) is 5.30. The van der Waals surface area contributed by atoms with E-state index in [2.05, 4.69) is 32.5 Å². The summed E-state index contributed by atoms with van der Waals surface area (Å²) in [4.78, 5) is 22.1. The number of amides is 1. The standard InChI is InChI=1S/C19H31N5O2/c1-14(25)23-16-10-15(11-16)18-12-19(22-13-21-18)20-6-3-9-26-17-4-7-24(2)8-5-17/h12-13,15-17H,3-11H2,1-2H3,(H,23,25)(H,20,21,22). The molecule has 144 valence electrons. The second-order valence-corrected chi connectivity index (χ2v) is 7.55. The zero-order chi connectivity index (χ0) is 18.4. The molecule has 0 atom stereocenters. The van der Waals surface area contributed by atoms with Crippen LogP contribution in [0.4, 0.5) is 5.82 Å². The molecular weight excluding hydrogens is 330 g/mol. The number of rotatable bonds is 8. The highest BCUT2D eigenvalue weighted by atomic mass is 16.5. The van der Waals surface area contributed by atoms with Crippen LogP contribution in [-0.4, -0.2) is 66.2 Å². The average Bonchev–Trinajstić information content (AvgIpc) is 2.59. The molecule has 26 heavy (non-hydrogen) atoms. The van der Waals surface area contributed by atoms with Gasteiger partial charge in [0.25, 0.3) is 0 Å². The third kappa shape index (κ3) is 5.64. The molecule has 1 aromatic heterocycles. The van der Waals surface area contributed by atoms with Crippen LogP contribution >= 0.6 is 0 Å². The van der Waals surface area contributed by atoms with Gasteiger partial charge in [0.1, 0.15) is 12.1 Å². The summed E-state index contributed by atoms with van der Waals surface area (Å²) in [6.07, 6.45) is 7.21. The van der Waals surface area contributed by atoms with Gasteiger partial charge in [0.15, 0.2) is 0 Å². The average molecular weight is 361 g/mol. The predicted octanol–water partition coefficient (Wildman–Crippen LogP) is 1.77. The predicted molar refractivity (Wildman–Crippen MR) is 101 cm³/mol. The van der Waals surface area contributed by atoms with Crippen molar-refractivity contribution >= 4 is 11.7 Å². The molecule has 0 spiro atoms. The Morgan fingerprint density at radius 2 is 2.08 bits per heavy atom. The van der Waals surface area contributed by atoms with E-state index in [1.165, 1.54) is 0 Å². The van der Waals surface area contributed by atoms with Crippen LogP contribution in [0.2, 0.25) is 0 Å². The van der Waals surface area contributed by atoms with Gasteiger partial charge in [0, 0.05) is 56.9 Å². The van der Waals surface area contributed by atoms with E-state index in [1.807, 2.05) is 6.07 Å². The van der Waals surface area contributed by atoms with E-state index in [-0.39, 0.29) is 5.91 Å². The Labute approximate surface area is 155 Å². The van der Waals surface area contributed by atoms with Gasteiger partial charge in [-0.1, -0.05) is 0 Å². The Kier molecular flexibility index (Phi) is 6.80. The van der Waals surface area contributed by atoms with Gasteiger partial charge in [-0.25, -0.2) is 9.97 Å². The quantitative estimate of drug-likeness (QED) is 0.687. The molecule has 0 radical (unpaired) electrons. The van der Waals surface area contributed by atoms with Crippen LogP contribution in [-0.2, 0) is 9.53 Å². The summed E-state index contributed by atoms with van der Waals surface area (Å²) in [5, 5.41) is 6.32. The van der Waals surface area contributed by atoms with Crippen molar-refractivity contribution in [2.24, 2.45) is 0 Å². The van der Waals surface area contributed by atoms with Gasteiger partial charge in [-0.2, -0.15) is 0 Å². The molecule has 1 saturated carbocycles. The van der Waals surface area contributed by atoms with Gasteiger partial charge in [0.2, 0.25) is 5.91 Å². The monoisotopic (exact) mass is 361 g/mol. The minimum atomic E-state index is 0.0426. The molecule has 3 rings (SSSR count). The van der Waals surface area contributed by atoms with E-state index >= 15 is 0 Å². The fourth-order valence-corrected chi connectivity index (χ4v) is 3.65. The van der Waals surface area contributed by atoms with Crippen molar-refractivity contribution in [2.45, 2.75) is 57.1 Å². The smallest absolute Gasteiger partial charge is 0.217 e. The minimum Gasteiger partial charge on any atom is -0.378 e. The summed E-state index contributed by atoms with van der Waals surface area (Å²) in [5.41, 5.74) is 1.06.